The highest BCUT2D eigenvalue weighted by Gasteiger charge is 2.34. The van der Waals surface area contributed by atoms with Crippen molar-refractivity contribution in [1.82, 2.24) is 10.2 Å². The van der Waals surface area contributed by atoms with Gasteiger partial charge in [-0.15, -0.1) is 0 Å². The van der Waals surface area contributed by atoms with Gasteiger partial charge in [0.15, 0.2) is 0 Å². The molecule has 19 heavy (non-hydrogen) atoms. The van der Waals surface area contributed by atoms with E-state index in [0.717, 1.165) is 30.0 Å². The van der Waals surface area contributed by atoms with E-state index < -0.39 is 0 Å². The molecule has 0 aromatic carbocycles. The van der Waals surface area contributed by atoms with Gasteiger partial charge in [-0.1, -0.05) is 20.8 Å². The molecule has 1 heterocycles. The Kier molecular flexibility index (Phi) is 5.70. The average molecular weight is 266 g/mol. The van der Waals surface area contributed by atoms with E-state index in [1.54, 1.807) is 0 Å². The van der Waals surface area contributed by atoms with Gasteiger partial charge in [-0.05, 0) is 63.8 Å². The fourth-order valence-electron chi connectivity index (χ4n) is 4.44. The van der Waals surface area contributed by atoms with Gasteiger partial charge in [0.1, 0.15) is 0 Å². The van der Waals surface area contributed by atoms with Crippen molar-refractivity contribution in [2.24, 2.45) is 11.8 Å². The molecule has 0 bridgehead atoms. The molecule has 1 saturated carbocycles. The minimum absolute atomic E-state index is 0.768. The van der Waals surface area contributed by atoms with Crippen molar-refractivity contribution in [3.05, 3.63) is 0 Å². The Labute approximate surface area is 120 Å². The number of hydrogen-bond donors (Lipinski definition) is 1. The van der Waals surface area contributed by atoms with Gasteiger partial charge in [0.25, 0.3) is 0 Å². The van der Waals surface area contributed by atoms with Crippen LogP contribution in [0.5, 0.6) is 0 Å². The van der Waals surface area contributed by atoms with Crippen LogP contribution >= 0.6 is 0 Å². The number of nitrogens with zero attached hydrogens (tertiary/aromatic N) is 1. The van der Waals surface area contributed by atoms with Crippen molar-refractivity contribution in [3.8, 4) is 0 Å². The first-order valence-corrected chi connectivity index (χ1v) is 8.59. The van der Waals surface area contributed by atoms with E-state index in [1.807, 2.05) is 0 Å². The molecule has 0 aromatic rings. The lowest BCUT2D eigenvalue weighted by Crippen LogP contribution is -2.53. The van der Waals surface area contributed by atoms with Gasteiger partial charge >= 0.3 is 0 Å². The number of piperidine rings is 1. The third-order valence-corrected chi connectivity index (χ3v) is 5.23. The molecule has 2 rings (SSSR count). The van der Waals surface area contributed by atoms with Gasteiger partial charge in [-0.2, -0.15) is 0 Å². The van der Waals surface area contributed by atoms with E-state index in [4.69, 9.17) is 0 Å². The maximum Gasteiger partial charge on any atom is 0.0103 e. The Morgan fingerprint density at radius 1 is 1.00 bits per heavy atom. The van der Waals surface area contributed by atoms with Crippen molar-refractivity contribution < 1.29 is 0 Å². The van der Waals surface area contributed by atoms with Crippen LogP contribution in [-0.4, -0.2) is 36.1 Å². The fraction of sp³-hybridized carbons (Fsp3) is 1.00. The zero-order valence-corrected chi connectivity index (χ0v) is 13.5. The van der Waals surface area contributed by atoms with E-state index in [2.05, 4.69) is 37.9 Å². The van der Waals surface area contributed by atoms with Crippen molar-refractivity contribution in [2.45, 2.75) is 84.3 Å². The van der Waals surface area contributed by atoms with Gasteiger partial charge < -0.3 is 5.32 Å². The summed E-state index contributed by atoms with van der Waals surface area (Å²) >= 11 is 0. The zero-order chi connectivity index (χ0) is 13.8. The van der Waals surface area contributed by atoms with Crippen molar-refractivity contribution >= 4 is 0 Å². The largest absolute Gasteiger partial charge is 0.314 e. The maximum absolute atomic E-state index is 3.72. The lowest BCUT2D eigenvalue weighted by molar-refractivity contribution is 0.0436. The predicted octanol–water partition coefficient (Wildman–Crippen LogP) is 3.66. The first kappa shape index (κ1) is 15.3. The molecule has 112 valence electrons. The van der Waals surface area contributed by atoms with Gasteiger partial charge in [0, 0.05) is 24.7 Å². The van der Waals surface area contributed by atoms with Crippen LogP contribution in [0.2, 0.25) is 0 Å². The van der Waals surface area contributed by atoms with E-state index in [9.17, 15) is 0 Å². The monoisotopic (exact) mass is 266 g/mol. The van der Waals surface area contributed by atoms with E-state index >= 15 is 0 Å². The topological polar surface area (TPSA) is 15.3 Å². The first-order valence-electron chi connectivity index (χ1n) is 8.59. The van der Waals surface area contributed by atoms with E-state index in [0.29, 0.717) is 0 Å². The summed E-state index contributed by atoms with van der Waals surface area (Å²) in [5.41, 5.74) is 0. The summed E-state index contributed by atoms with van der Waals surface area (Å²) in [6.07, 6.45) is 8.26. The maximum atomic E-state index is 3.72. The number of likely N-dealkylation sites (tertiary alicyclic amines) is 1. The molecule has 0 aromatic heterocycles. The third kappa shape index (κ3) is 4.19. The number of rotatable bonds is 4. The minimum Gasteiger partial charge on any atom is -0.314 e. The molecule has 2 heteroatoms. The zero-order valence-electron chi connectivity index (χ0n) is 13.5. The molecule has 1 aliphatic carbocycles. The number of hydrogen-bond acceptors (Lipinski definition) is 2. The van der Waals surface area contributed by atoms with Gasteiger partial charge in [-0.3, -0.25) is 4.90 Å². The molecular weight excluding hydrogens is 232 g/mol. The lowest BCUT2D eigenvalue weighted by Gasteiger charge is -2.46. The molecule has 0 radical (unpaired) electrons. The van der Waals surface area contributed by atoms with Crippen LogP contribution < -0.4 is 5.32 Å². The van der Waals surface area contributed by atoms with Crippen LogP contribution in [0.25, 0.3) is 0 Å². The Hall–Kier alpha value is -0.0800. The third-order valence-electron chi connectivity index (χ3n) is 5.23. The summed E-state index contributed by atoms with van der Waals surface area (Å²) in [5, 5.41) is 3.72. The Morgan fingerprint density at radius 2 is 1.68 bits per heavy atom. The summed E-state index contributed by atoms with van der Waals surface area (Å²) in [6.45, 7) is 12.1. The Bertz CT molecular complexity index is 256. The van der Waals surface area contributed by atoms with Crippen molar-refractivity contribution in [1.29, 1.82) is 0 Å². The molecule has 2 nitrogen and oxygen atoms in total. The Morgan fingerprint density at radius 3 is 2.26 bits per heavy atom. The molecule has 4 atom stereocenters. The summed E-state index contributed by atoms with van der Waals surface area (Å²) in [5.74, 6) is 1.86. The highest BCUT2D eigenvalue weighted by atomic mass is 15.2. The molecule has 0 spiro atoms. The quantitative estimate of drug-likeness (QED) is 0.835. The SMILES string of the molecule is CCCNC1CCN(C2CC(C)CC(C)C2)C(C)C1. The van der Waals surface area contributed by atoms with E-state index in [1.165, 1.54) is 51.6 Å². The summed E-state index contributed by atoms with van der Waals surface area (Å²) in [7, 11) is 0. The van der Waals surface area contributed by atoms with Crippen LogP contribution in [0, 0.1) is 11.8 Å². The summed E-state index contributed by atoms with van der Waals surface area (Å²) in [6, 6.07) is 2.40. The van der Waals surface area contributed by atoms with Gasteiger partial charge in [0.2, 0.25) is 0 Å². The molecule has 4 unspecified atom stereocenters. The first-order chi connectivity index (χ1) is 9.10. The summed E-state index contributed by atoms with van der Waals surface area (Å²) in [4.78, 5) is 2.83. The smallest absolute Gasteiger partial charge is 0.0103 e. The fourth-order valence-corrected chi connectivity index (χ4v) is 4.44. The summed E-state index contributed by atoms with van der Waals surface area (Å²) < 4.78 is 0. The second-order valence-electron chi connectivity index (χ2n) is 7.33. The standard InChI is InChI=1S/C17H34N2/c1-5-7-18-16-6-8-19(15(4)12-16)17-10-13(2)9-14(3)11-17/h13-18H,5-12H2,1-4H3. The molecular formula is C17H34N2. The second-order valence-corrected chi connectivity index (χ2v) is 7.33. The van der Waals surface area contributed by atoms with E-state index in [-0.39, 0.29) is 0 Å². The normalized spacial score (nSPS) is 41.4. The molecule has 2 aliphatic rings. The predicted molar refractivity (Wildman–Crippen MR) is 83.5 cm³/mol. The molecule has 1 aliphatic heterocycles. The second kappa shape index (κ2) is 7.08. The van der Waals surface area contributed by atoms with Crippen LogP contribution in [0.4, 0.5) is 0 Å². The van der Waals surface area contributed by atoms with Crippen LogP contribution in [0.15, 0.2) is 0 Å². The molecule has 0 amide bonds. The highest BCUT2D eigenvalue weighted by Crippen LogP contribution is 2.34. The average Bonchev–Trinajstić information content (AvgIpc) is 2.35. The minimum atomic E-state index is 0.768. The molecule has 2 fully saturated rings. The van der Waals surface area contributed by atoms with Crippen LogP contribution in [-0.2, 0) is 0 Å². The Balaban J connectivity index is 1.85. The molecule has 1 N–H and O–H groups in total. The highest BCUT2D eigenvalue weighted by molar-refractivity contribution is 4.90. The van der Waals surface area contributed by atoms with Crippen molar-refractivity contribution in [2.75, 3.05) is 13.1 Å². The number of nitrogens with one attached hydrogen (secondary N) is 1. The van der Waals surface area contributed by atoms with Crippen LogP contribution in [0.3, 0.4) is 0 Å². The van der Waals surface area contributed by atoms with Crippen LogP contribution in [0.1, 0.15) is 66.2 Å². The lowest BCUT2D eigenvalue weighted by atomic mass is 9.78. The molecule has 1 saturated heterocycles. The van der Waals surface area contributed by atoms with Crippen molar-refractivity contribution in [3.63, 3.8) is 0 Å². The van der Waals surface area contributed by atoms with Gasteiger partial charge in [-0.25, -0.2) is 0 Å². The van der Waals surface area contributed by atoms with Gasteiger partial charge in [0.05, 0.1) is 0 Å².